The summed E-state index contributed by atoms with van der Waals surface area (Å²) in [6.45, 7) is 2.48. The van der Waals surface area contributed by atoms with Crippen LogP contribution in [0.4, 0.5) is 11.4 Å². The Morgan fingerprint density at radius 1 is 0.950 bits per heavy atom. The summed E-state index contributed by atoms with van der Waals surface area (Å²) in [6.07, 6.45) is 0. The number of rotatable bonds is 9. The van der Waals surface area contributed by atoms with E-state index in [2.05, 4.69) is 5.32 Å². The van der Waals surface area contributed by atoms with Crippen LogP contribution in [0.25, 0.3) is 10.2 Å². The maximum absolute atomic E-state index is 14.0. The predicted octanol–water partition coefficient (Wildman–Crippen LogP) is 5.74. The van der Waals surface area contributed by atoms with E-state index in [1.54, 1.807) is 59.2 Å². The number of ether oxygens (including phenoxy) is 1. The molecule has 5 aromatic rings. The second-order valence-corrected chi connectivity index (χ2v) is 11.8. The SMILES string of the molecule is CCn1c(=O)sc2cc(NC(=O)c3ccccc3N(Cc3ccccc3)S(=O)(=O)c3ccc(OC)cc3)ccc21. The molecule has 0 fully saturated rings. The number of para-hydroxylation sites is 1. The smallest absolute Gasteiger partial charge is 0.308 e. The first-order chi connectivity index (χ1) is 19.3. The Balaban J connectivity index is 1.54. The van der Waals surface area contributed by atoms with E-state index in [-0.39, 0.29) is 27.6 Å². The van der Waals surface area contributed by atoms with E-state index in [1.807, 2.05) is 37.3 Å². The second-order valence-electron chi connectivity index (χ2n) is 8.94. The van der Waals surface area contributed by atoms with Gasteiger partial charge in [0.1, 0.15) is 5.75 Å². The van der Waals surface area contributed by atoms with Crippen LogP contribution < -0.4 is 19.2 Å². The van der Waals surface area contributed by atoms with E-state index in [9.17, 15) is 18.0 Å². The van der Waals surface area contributed by atoms with Gasteiger partial charge in [-0.2, -0.15) is 0 Å². The Morgan fingerprint density at radius 3 is 2.35 bits per heavy atom. The van der Waals surface area contributed by atoms with E-state index < -0.39 is 15.9 Å². The number of carbonyl (C=O) groups is 1. The van der Waals surface area contributed by atoms with Crippen molar-refractivity contribution in [3.63, 3.8) is 0 Å². The minimum Gasteiger partial charge on any atom is -0.497 e. The van der Waals surface area contributed by atoms with Gasteiger partial charge in [-0.3, -0.25) is 18.5 Å². The third kappa shape index (κ3) is 5.36. The molecule has 0 aliphatic carbocycles. The highest BCUT2D eigenvalue weighted by Crippen LogP contribution is 2.31. The molecule has 0 unspecified atom stereocenters. The number of aromatic nitrogens is 1. The lowest BCUT2D eigenvalue weighted by Gasteiger charge is -2.26. The van der Waals surface area contributed by atoms with Gasteiger partial charge in [0.05, 0.1) is 40.0 Å². The number of carbonyl (C=O) groups excluding carboxylic acids is 1. The summed E-state index contributed by atoms with van der Waals surface area (Å²) in [5.41, 5.74) is 2.49. The van der Waals surface area contributed by atoms with Crippen molar-refractivity contribution >= 4 is 48.9 Å². The zero-order chi connectivity index (χ0) is 28.3. The molecule has 1 N–H and O–H groups in total. The quantitative estimate of drug-likeness (QED) is 0.243. The summed E-state index contributed by atoms with van der Waals surface area (Å²) >= 11 is 1.11. The number of fused-ring (bicyclic) bond motifs is 1. The lowest BCUT2D eigenvalue weighted by Crippen LogP contribution is -2.32. The first-order valence-corrected chi connectivity index (χ1v) is 14.8. The number of hydrogen-bond acceptors (Lipinski definition) is 6. The normalized spacial score (nSPS) is 11.3. The number of nitrogens with one attached hydrogen (secondary N) is 1. The molecule has 0 aliphatic heterocycles. The van der Waals surface area contributed by atoms with Crippen LogP contribution in [-0.2, 0) is 23.1 Å². The average Bonchev–Trinajstić information content (AvgIpc) is 3.30. The van der Waals surface area contributed by atoms with Gasteiger partial charge in [0.25, 0.3) is 15.9 Å². The third-order valence-electron chi connectivity index (χ3n) is 6.48. The van der Waals surface area contributed by atoms with Gasteiger partial charge in [-0.1, -0.05) is 53.8 Å². The topological polar surface area (TPSA) is 97.7 Å². The second kappa shape index (κ2) is 11.4. The van der Waals surface area contributed by atoms with E-state index in [4.69, 9.17) is 4.74 Å². The number of sulfonamides is 1. The summed E-state index contributed by atoms with van der Waals surface area (Å²) in [5.74, 6) is 0.0600. The standard InChI is InChI=1S/C30H27N3O5S2/c1-3-32-27-18-13-22(19-28(27)39-30(32)35)31-29(34)25-11-7-8-12-26(25)33(20-21-9-5-4-6-10-21)40(36,37)24-16-14-23(38-2)15-17-24/h4-19H,3,20H2,1-2H3,(H,31,34). The Bertz CT molecular complexity index is 1830. The van der Waals surface area contributed by atoms with Gasteiger partial charge in [-0.05, 0) is 67.1 Å². The van der Waals surface area contributed by atoms with Crippen LogP contribution in [0.1, 0.15) is 22.8 Å². The molecule has 4 aromatic carbocycles. The lowest BCUT2D eigenvalue weighted by molar-refractivity contribution is 0.102. The molecule has 10 heteroatoms. The van der Waals surface area contributed by atoms with Crippen molar-refractivity contribution in [2.45, 2.75) is 24.9 Å². The number of methoxy groups -OCH3 is 1. The first-order valence-electron chi connectivity index (χ1n) is 12.6. The predicted molar refractivity (Wildman–Crippen MR) is 159 cm³/mol. The van der Waals surface area contributed by atoms with Crippen molar-refractivity contribution < 1.29 is 17.9 Å². The molecule has 1 aromatic heterocycles. The first kappa shape index (κ1) is 27.2. The van der Waals surface area contributed by atoms with Crippen LogP contribution in [0.3, 0.4) is 0 Å². The fraction of sp³-hybridized carbons (Fsp3) is 0.133. The van der Waals surface area contributed by atoms with Crippen molar-refractivity contribution in [2.75, 3.05) is 16.7 Å². The Kier molecular flexibility index (Phi) is 7.72. The molecule has 0 saturated carbocycles. The van der Waals surface area contributed by atoms with Gasteiger partial charge in [-0.25, -0.2) is 8.42 Å². The fourth-order valence-corrected chi connectivity index (χ4v) is 6.92. The molecule has 1 heterocycles. The number of hydrogen-bond donors (Lipinski definition) is 1. The van der Waals surface area contributed by atoms with Gasteiger partial charge >= 0.3 is 4.87 Å². The highest BCUT2D eigenvalue weighted by Gasteiger charge is 2.29. The Hall–Kier alpha value is -4.41. The van der Waals surface area contributed by atoms with Crippen LogP contribution in [0, 0.1) is 0 Å². The Labute approximate surface area is 236 Å². The number of thiazole rings is 1. The molecule has 0 spiro atoms. The third-order valence-corrected chi connectivity index (χ3v) is 9.19. The van der Waals surface area contributed by atoms with Gasteiger partial charge in [0, 0.05) is 12.2 Å². The maximum atomic E-state index is 14.0. The van der Waals surface area contributed by atoms with Crippen molar-refractivity contribution in [1.82, 2.24) is 4.57 Å². The monoisotopic (exact) mass is 573 g/mol. The molecule has 0 saturated heterocycles. The number of benzene rings is 4. The van der Waals surface area contributed by atoms with E-state index >= 15 is 0 Å². The molecule has 204 valence electrons. The summed E-state index contributed by atoms with van der Waals surface area (Å²) in [7, 11) is -2.57. The molecular formula is C30H27N3O5S2. The minimum atomic E-state index is -4.08. The summed E-state index contributed by atoms with van der Waals surface area (Å²) in [4.78, 5) is 25.9. The number of aryl methyl sites for hydroxylation is 1. The molecule has 8 nitrogen and oxygen atoms in total. The van der Waals surface area contributed by atoms with Crippen LogP contribution in [0.2, 0.25) is 0 Å². The molecule has 0 aliphatic rings. The summed E-state index contributed by atoms with van der Waals surface area (Å²) in [6, 6.07) is 27.2. The zero-order valence-electron chi connectivity index (χ0n) is 21.9. The summed E-state index contributed by atoms with van der Waals surface area (Å²) < 4.78 is 36.9. The van der Waals surface area contributed by atoms with Crippen molar-refractivity contribution in [2.24, 2.45) is 0 Å². The molecule has 0 radical (unpaired) electrons. The average molecular weight is 574 g/mol. The molecule has 0 bridgehead atoms. The van der Waals surface area contributed by atoms with Gasteiger partial charge in [0.15, 0.2) is 0 Å². The molecule has 1 amide bonds. The molecule has 40 heavy (non-hydrogen) atoms. The van der Waals surface area contributed by atoms with Crippen molar-refractivity contribution in [3.05, 3.63) is 118 Å². The Morgan fingerprint density at radius 2 is 1.65 bits per heavy atom. The number of anilines is 2. The van der Waals surface area contributed by atoms with E-state index in [1.165, 1.54) is 23.5 Å². The van der Waals surface area contributed by atoms with Crippen LogP contribution in [0.15, 0.2) is 107 Å². The zero-order valence-corrected chi connectivity index (χ0v) is 23.5. The minimum absolute atomic E-state index is 0.0178. The van der Waals surface area contributed by atoms with Gasteiger partial charge in [-0.15, -0.1) is 0 Å². The maximum Gasteiger partial charge on any atom is 0.308 e. The highest BCUT2D eigenvalue weighted by atomic mass is 32.2. The summed E-state index contributed by atoms with van der Waals surface area (Å²) in [5, 5.41) is 2.88. The van der Waals surface area contributed by atoms with E-state index in [0.29, 0.717) is 18.0 Å². The van der Waals surface area contributed by atoms with Crippen LogP contribution in [0.5, 0.6) is 5.75 Å². The van der Waals surface area contributed by atoms with Crippen LogP contribution in [-0.4, -0.2) is 26.0 Å². The lowest BCUT2D eigenvalue weighted by atomic mass is 10.1. The highest BCUT2D eigenvalue weighted by molar-refractivity contribution is 7.92. The van der Waals surface area contributed by atoms with Crippen LogP contribution >= 0.6 is 11.3 Å². The van der Waals surface area contributed by atoms with Crippen molar-refractivity contribution in [1.29, 1.82) is 0 Å². The van der Waals surface area contributed by atoms with Crippen molar-refractivity contribution in [3.8, 4) is 5.75 Å². The van der Waals surface area contributed by atoms with E-state index in [0.717, 1.165) is 27.1 Å². The number of amides is 1. The van der Waals surface area contributed by atoms with Gasteiger partial charge < -0.3 is 10.1 Å². The number of nitrogens with zero attached hydrogens (tertiary/aromatic N) is 2. The molecular weight excluding hydrogens is 546 g/mol. The largest absolute Gasteiger partial charge is 0.497 e. The molecule has 5 rings (SSSR count). The molecule has 0 atom stereocenters. The fourth-order valence-electron chi connectivity index (χ4n) is 4.45. The van der Waals surface area contributed by atoms with Gasteiger partial charge in [0.2, 0.25) is 0 Å².